The number of rotatable bonds is 80. The minimum Gasteiger partial charge on any atom is -0.462 e. The minimum absolute atomic E-state index is 0.0291. The van der Waals surface area contributed by atoms with E-state index in [0.717, 1.165) is 103 Å². The van der Waals surface area contributed by atoms with Gasteiger partial charge in [-0.15, -0.1) is 0 Å². The zero-order valence-corrected chi connectivity index (χ0v) is 68.0. The van der Waals surface area contributed by atoms with E-state index in [9.17, 15) is 19.0 Å². The van der Waals surface area contributed by atoms with Crippen LogP contribution in [-0.2, 0) is 32.7 Å². The molecule has 0 bridgehead atoms. The van der Waals surface area contributed by atoms with Gasteiger partial charge in [-0.3, -0.25) is 18.6 Å². The van der Waals surface area contributed by atoms with Crippen LogP contribution in [0.25, 0.3) is 0 Å². The fraction of sp³-hybridized carbons (Fsp3) is 0.780. The van der Waals surface area contributed by atoms with Crippen LogP contribution in [0.5, 0.6) is 0 Å². The summed E-state index contributed by atoms with van der Waals surface area (Å²) >= 11 is 0. The van der Waals surface area contributed by atoms with Crippen LogP contribution in [0.2, 0.25) is 0 Å². The molecule has 0 aliphatic heterocycles. The second kappa shape index (κ2) is 80.8. The number of ether oxygens (including phenoxy) is 2. The van der Waals surface area contributed by atoms with Crippen molar-refractivity contribution in [3.8, 4) is 0 Å². The topological polar surface area (TPSA) is 108 Å². The van der Waals surface area contributed by atoms with Crippen molar-refractivity contribution in [2.24, 2.45) is 0 Å². The monoisotopic (exact) mass is 1430 g/mol. The zero-order chi connectivity index (χ0) is 73.3. The van der Waals surface area contributed by atoms with E-state index in [-0.39, 0.29) is 32.0 Å². The maximum Gasteiger partial charge on any atom is 0.472 e. The molecule has 586 valence electrons. The van der Waals surface area contributed by atoms with Gasteiger partial charge in [0, 0.05) is 12.8 Å². The maximum atomic E-state index is 12.9. The fourth-order valence-corrected chi connectivity index (χ4v) is 13.3. The lowest BCUT2D eigenvalue weighted by atomic mass is 10.0. The number of esters is 2. The van der Waals surface area contributed by atoms with Gasteiger partial charge in [-0.25, -0.2) is 4.57 Å². The maximum absolute atomic E-state index is 12.9. The van der Waals surface area contributed by atoms with Crippen LogP contribution < -0.4 is 0 Å². The smallest absolute Gasteiger partial charge is 0.462 e. The summed E-state index contributed by atoms with van der Waals surface area (Å²) in [5.41, 5.74) is 0. The highest BCUT2D eigenvalue weighted by Crippen LogP contribution is 2.43. The van der Waals surface area contributed by atoms with E-state index in [0.29, 0.717) is 17.4 Å². The molecule has 0 fully saturated rings. The molecule has 0 aromatic rings. The molecule has 1 N–H and O–H groups in total. The fourth-order valence-electron chi connectivity index (χ4n) is 12.5. The Kier molecular flexibility index (Phi) is 78.1. The van der Waals surface area contributed by atoms with Gasteiger partial charge in [0.2, 0.25) is 0 Å². The van der Waals surface area contributed by atoms with E-state index in [2.05, 4.69) is 123 Å². The van der Waals surface area contributed by atoms with Gasteiger partial charge in [0.05, 0.1) is 27.7 Å². The van der Waals surface area contributed by atoms with Crippen LogP contribution in [-0.4, -0.2) is 74.9 Å². The molecule has 0 saturated heterocycles. The van der Waals surface area contributed by atoms with Crippen LogP contribution in [0, 0.1) is 0 Å². The Bertz CT molecular complexity index is 2080. The number of nitrogens with zero attached hydrogens (tertiary/aromatic N) is 1. The van der Waals surface area contributed by atoms with E-state index < -0.39 is 26.5 Å². The van der Waals surface area contributed by atoms with Gasteiger partial charge in [0.1, 0.15) is 19.8 Å². The summed E-state index contributed by atoms with van der Waals surface area (Å²) in [6, 6.07) is 0. The molecule has 0 heterocycles. The van der Waals surface area contributed by atoms with Crippen molar-refractivity contribution >= 4 is 19.8 Å². The van der Waals surface area contributed by atoms with Crippen molar-refractivity contribution < 1.29 is 42.1 Å². The summed E-state index contributed by atoms with van der Waals surface area (Å²) < 4.78 is 34.9. The zero-order valence-electron chi connectivity index (χ0n) is 67.1. The summed E-state index contributed by atoms with van der Waals surface area (Å²) in [5.74, 6) is -0.787. The molecule has 10 heteroatoms. The Morgan fingerprint density at radius 3 is 0.842 bits per heavy atom. The molecule has 0 aliphatic carbocycles. The third-order valence-corrected chi connectivity index (χ3v) is 20.1. The Balaban J connectivity index is 3.94. The van der Waals surface area contributed by atoms with Crippen molar-refractivity contribution in [2.75, 3.05) is 47.5 Å². The number of likely N-dealkylation sites (N-methyl/N-ethyl adjacent to an activating group) is 1. The number of hydrogen-bond donors (Lipinski definition) is 1. The van der Waals surface area contributed by atoms with Crippen molar-refractivity contribution in [2.45, 2.75) is 412 Å². The first kappa shape index (κ1) is 97.7. The first-order valence-electron chi connectivity index (χ1n) is 43.1. The van der Waals surface area contributed by atoms with Crippen molar-refractivity contribution in [1.82, 2.24) is 0 Å². The Hall–Kier alpha value is -3.33. The molecule has 0 aromatic heterocycles. The van der Waals surface area contributed by atoms with Crippen LogP contribution in [0.4, 0.5) is 0 Å². The molecule has 2 atom stereocenters. The van der Waals surface area contributed by atoms with Gasteiger partial charge < -0.3 is 18.9 Å². The number of carbonyl (C=O) groups is 2. The summed E-state index contributed by atoms with van der Waals surface area (Å²) in [4.78, 5) is 36.0. The summed E-state index contributed by atoms with van der Waals surface area (Å²) in [6.07, 6.45) is 116. The van der Waals surface area contributed by atoms with Crippen molar-refractivity contribution in [1.29, 1.82) is 0 Å². The average Bonchev–Trinajstić information content (AvgIpc) is 0.973. The minimum atomic E-state index is -4.40. The summed E-state index contributed by atoms with van der Waals surface area (Å²) in [7, 11) is 1.48. The molecule has 2 unspecified atom stereocenters. The molecule has 0 saturated carbocycles. The summed E-state index contributed by atoms with van der Waals surface area (Å²) in [6.45, 7) is 4.37. The second-order valence-electron chi connectivity index (χ2n) is 30.2. The second-order valence-corrected chi connectivity index (χ2v) is 31.7. The van der Waals surface area contributed by atoms with Crippen molar-refractivity contribution in [3.05, 3.63) is 109 Å². The molecule has 0 aromatic carbocycles. The standard InChI is InChI=1S/C91H164NO8P/c1-6-8-10-12-14-16-18-20-22-24-26-28-30-32-34-36-38-40-42-44-46-48-50-52-54-56-58-60-62-64-66-68-70-72-74-76-78-80-82-84-91(94)100-89(88-99-101(95,96)98-86-85-92(3,4)5)87-97-90(93)83-81-79-77-75-73-71-69-67-65-63-61-59-57-55-53-51-49-47-45-43-41-39-37-35-33-31-29-27-25-23-21-19-17-15-13-11-9-7-2/h8,10,14,16,20,22,26,28,32,34,38,40,44,46,50,52,56,58,89H,6-7,9,11-13,15,17-19,21,23-25,27,29-31,33,35-37,39,41-43,45,47-49,51,53-55,57,59-88H2,1-5H3/p+1/b10-8-,16-14-,22-20-,28-26-,34-32-,40-38-,46-44-,52-50-,58-56-. The van der Waals surface area contributed by atoms with Gasteiger partial charge >= 0.3 is 19.8 Å². The van der Waals surface area contributed by atoms with Gasteiger partial charge in [-0.1, -0.05) is 419 Å². The molecular formula is C91H165NO8P+. The molecule has 0 amide bonds. The lowest BCUT2D eigenvalue weighted by Crippen LogP contribution is -2.37. The van der Waals surface area contributed by atoms with Crippen LogP contribution in [0.3, 0.4) is 0 Å². The van der Waals surface area contributed by atoms with E-state index in [4.69, 9.17) is 18.5 Å². The third-order valence-electron chi connectivity index (χ3n) is 19.1. The van der Waals surface area contributed by atoms with Gasteiger partial charge in [0.15, 0.2) is 6.10 Å². The normalized spacial score (nSPS) is 13.5. The number of carbonyl (C=O) groups excluding carboxylic acids is 2. The number of phosphoric ester groups is 1. The number of hydrogen-bond acceptors (Lipinski definition) is 7. The largest absolute Gasteiger partial charge is 0.472 e. The lowest BCUT2D eigenvalue weighted by molar-refractivity contribution is -0.870. The predicted octanol–water partition coefficient (Wildman–Crippen LogP) is 29.1. The van der Waals surface area contributed by atoms with Gasteiger partial charge in [0.25, 0.3) is 0 Å². The van der Waals surface area contributed by atoms with E-state index >= 15 is 0 Å². The first-order valence-corrected chi connectivity index (χ1v) is 44.6. The highest BCUT2D eigenvalue weighted by Gasteiger charge is 2.27. The number of unbranched alkanes of at least 4 members (excludes halogenated alkanes) is 48. The van der Waals surface area contributed by atoms with E-state index in [1.165, 1.54) is 270 Å². The molecule has 0 radical (unpaired) electrons. The third kappa shape index (κ3) is 85.5. The quantitative estimate of drug-likeness (QED) is 0.0211. The summed E-state index contributed by atoms with van der Waals surface area (Å²) in [5, 5.41) is 0. The Morgan fingerprint density at radius 1 is 0.317 bits per heavy atom. The highest BCUT2D eigenvalue weighted by atomic mass is 31.2. The van der Waals surface area contributed by atoms with Crippen LogP contribution in [0.1, 0.15) is 406 Å². The lowest BCUT2D eigenvalue weighted by Gasteiger charge is -2.24. The van der Waals surface area contributed by atoms with Gasteiger partial charge in [-0.2, -0.15) is 0 Å². The Labute approximate surface area is 626 Å². The SMILES string of the molecule is CC/C=C\C/C=C\C/C=C\C/C=C\C/C=C\C/C=C\C/C=C\C/C=C\C/C=C\CCCCCCCCCCCCCC(=O)OC(COC(=O)CCCCCCCCCCCCCCCCCCCCCCCCCCCCCCCCCCCCCCCC)COP(=O)(O)OCC[N+](C)(C)C. The molecule has 0 rings (SSSR count). The van der Waals surface area contributed by atoms with E-state index in [1.807, 2.05) is 21.1 Å². The van der Waals surface area contributed by atoms with Crippen molar-refractivity contribution in [3.63, 3.8) is 0 Å². The first-order chi connectivity index (χ1) is 49.5. The van der Waals surface area contributed by atoms with Crippen LogP contribution in [0.15, 0.2) is 109 Å². The highest BCUT2D eigenvalue weighted by molar-refractivity contribution is 7.47. The molecule has 0 spiro atoms. The average molecular weight is 1430 g/mol. The molecule has 9 nitrogen and oxygen atoms in total. The predicted molar refractivity (Wildman–Crippen MR) is 441 cm³/mol. The number of phosphoric acid groups is 1. The van der Waals surface area contributed by atoms with Crippen LogP contribution >= 0.6 is 7.82 Å². The molecule has 0 aliphatic rings. The molecular weight excluding hydrogens is 1270 g/mol. The van der Waals surface area contributed by atoms with Gasteiger partial charge in [-0.05, 0) is 83.5 Å². The Morgan fingerprint density at radius 2 is 0.564 bits per heavy atom. The van der Waals surface area contributed by atoms with E-state index in [1.54, 1.807) is 0 Å². The molecule has 101 heavy (non-hydrogen) atoms. The number of allylic oxidation sites excluding steroid dienone is 18. The number of quaternary nitrogens is 1.